The molecule has 94 valence electrons. The van der Waals surface area contributed by atoms with Crippen LogP contribution in [0.25, 0.3) is 0 Å². The number of hydrogen-bond donors (Lipinski definition) is 1. The first kappa shape index (κ1) is 13.2. The largest absolute Gasteiger partial charge is 0.468 e. The third kappa shape index (κ3) is 3.33. The number of ether oxygens (including phenoxy) is 1. The molecule has 3 nitrogen and oxygen atoms in total. The molecule has 0 aromatic carbocycles. The van der Waals surface area contributed by atoms with Gasteiger partial charge in [-0.2, -0.15) is 8.78 Å². The van der Waals surface area contributed by atoms with E-state index >= 15 is 0 Å². The van der Waals surface area contributed by atoms with Crippen LogP contribution in [0, 0.1) is 5.92 Å². The molecule has 1 aliphatic carbocycles. The molecule has 1 rings (SSSR count). The standard InChI is InChI=1S/C9H13F4NO2/c1-16-7(15)6(5-2-3-5)14-4-9(12,13)8(10)11/h5-6,8,14H,2-4H2,1H3. The van der Waals surface area contributed by atoms with Gasteiger partial charge in [0.05, 0.1) is 13.7 Å². The second-order valence-corrected chi connectivity index (χ2v) is 3.78. The van der Waals surface area contributed by atoms with E-state index in [9.17, 15) is 22.4 Å². The highest BCUT2D eigenvalue weighted by Gasteiger charge is 2.44. The minimum Gasteiger partial charge on any atom is -0.468 e. The van der Waals surface area contributed by atoms with Crippen molar-refractivity contribution in [3.05, 3.63) is 0 Å². The van der Waals surface area contributed by atoms with Crippen LogP contribution in [0.15, 0.2) is 0 Å². The van der Waals surface area contributed by atoms with Gasteiger partial charge in [-0.1, -0.05) is 0 Å². The molecule has 0 aromatic heterocycles. The molecule has 1 N–H and O–H groups in total. The fraction of sp³-hybridized carbons (Fsp3) is 0.889. The number of carbonyl (C=O) groups excluding carboxylic acids is 1. The van der Waals surface area contributed by atoms with E-state index in [1.807, 2.05) is 0 Å². The zero-order valence-electron chi connectivity index (χ0n) is 8.68. The average Bonchev–Trinajstić information content (AvgIpc) is 3.01. The Morgan fingerprint density at radius 3 is 2.44 bits per heavy atom. The maximum Gasteiger partial charge on any atom is 0.323 e. The predicted molar refractivity (Wildman–Crippen MR) is 47.5 cm³/mol. The summed E-state index contributed by atoms with van der Waals surface area (Å²) in [7, 11) is 1.13. The van der Waals surface area contributed by atoms with Crippen LogP contribution in [0.2, 0.25) is 0 Å². The van der Waals surface area contributed by atoms with Gasteiger partial charge in [0.2, 0.25) is 0 Å². The lowest BCUT2D eigenvalue weighted by Crippen LogP contribution is -2.47. The van der Waals surface area contributed by atoms with E-state index in [2.05, 4.69) is 10.1 Å². The minimum atomic E-state index is -4.12. The first-order valence-corrected chi connectivity index (χ1v) is 4.85. The van der Waals surface area contributed by atoms with E-state index < -0.39 is 30.9 Å². The van der Waals surface area contributed by atoms with Gasteiger partial charge in [-0.25, -0.2) is 8.78 Å². The smallest absolute Gasteiger partial charge is 0.323 e. The summed E-state index contributed by atoms with van der Waals surface area (Å²) in [5.41, 5.74) is 0. The van der Waals surface area contributed by atoms with Crippen LogP contribution in [0.1, 0.15) is 12.8 Å². The Balaban J connectivity index is 2.47. The van der Waals surface area contributed by atoms with Crippen LogP contribution >= 0.6 is 0 Å². The van der Waals surface area contributed by atoms with E-state index in [4.69, 9.17) is 0 Å². The van der Waals surface area contributed by atoms with Crippen LogP contribution in [-0.2, 0) is 9.53 Å². The van der Waals surface area contributed by atoms with Crippen LogP contribution in [0.4, 0.5) is 17.6 Å². The molecule has 7 heteroatoms. The molecule has 1 atom stereocenters. The molecule has 0 bridgehead atoms. The highest BCUT2D eigenvalue weighted by Crippen LogP contribution is 2.33. The van der Waals surface area contributed by atoms with E-state index in [-0.39, 0.29) is 5.92 Å². The van der Waals surface area contributed by atoms with Crippen LogP contribution in [0.5, 0.6) is 0 Å². The van der Waals surface area contributed by atoms with Crippen molar-refractivity contribution < 1.29 is 27.1 Å². The second-order valence-electron chi connectivity index (χ2n) is 3.78. The molecule has 0 aliphatic heterocycles. The number of halogens is 4. The maximum absolute atomic E-state index is 12.6. The maximum atomic E-state index is 12.6. The van der Waals surface area contributed by atoms with Gasteiger partial charge in [0.1, 0.15) is 6.04 Å². The van der Waals surface area contributed by atoms with Crippen LogP contribution in [0.3, 0.4) is 0 Å². The Kier molecular flexibility index (Phi) is 4.12. The number of methoxy groups -OCH3 is 1. The second kappa shape index (κ2) is 4.99. The van der Waals surface area contributed by atoms with Crippen molar-refractivity contribution in [2.75, 3.05) is 13.7 Å². The molecular formula is C9H13F4NO2. The average molecular weight is 243 g/mol. The molecule has 0 aromatic rings. The molecule has 1 aliphatic rings. The number of hydrogen-bond acceptors (Lipinski definition) is 3. The predicted octanol–water partition coefficient (Wildman–Crippen LogP) is 1.43. The zero-order chi connectivity index (χ0) is 12.3. The van der Waals surface area contributed by atoms with Crippen LogP contribution in [-0.4, -0.2) is 38.0 Å². The normalized spacial score (nSPS) is 18.6. The summed E-state index contributed by atoms with van der Waals surface area (Å²) in [6.45, 7) is -1.22. The Hall–Kier alpha value is -0.850. The van der Waals surface area contributed by atoms with Crippen molar-refractivity contribution in [2.24, 2.45) is 5.92 Å². The van der Waals surface area contributed by atoms with Gasteiger partial charge in [-0.15, -0.1) is 0 Å². The topological polar surface area (TPSA) is 38.3 Å². The molecule has 1 saturated carbocycles. The monoisotopic (exact) mass is 243 g/mol. The summed E-state index contributed by atoms with van der Waals surface area (Å²) in [5, 5.41) is 2.15. The Morgan fingerprint density at radius 1 is 1.50 bits per heavy atom. The summed E-state index contributed by atoms with van der Waals surface area (Å²) in [4.78, 5) is 11.2. The van der Waals surface area contributed by atoms with Crippen LogP contribution < -0.4 is 5.32 Å². The molecule has 1 unspecified atom stereocenters. The highest BCUT2D eigenvalue weighted by molar-refractivity contribution is 5.76. The lowest BCUT2D eigenvalue weighted by molar-refractivity contribution is -0.147. The molecule has 0 saturated heterocycles. The van der Waals surface area contributed by atoms with Gasteiger partial charge < -0.3 is 4.74 Å². The zero-order valence-corrected chi connectivity index (χ0v) is 8.68. The molecule has 0 heterocycles. The minimum absolute atomic E-state index is 0.0825. The van der Waals surface area contributed by atoms with Gasteiger partial charge in [-0.05, 0) is 18.8 Å². The first-order valence-electron chi connectivity index (χ1n) is 4.85. The van der Waals surface area contributed by atoms with E-state index in [0.717, 1.165) is 7.11 Å². The third-order valence-electron chi connectivity index (χ3n) is 2.43. The molecule has 0 spiro atoms. The van der Waals surface area contributed by atoms with Crippen molar-refractivity contribution >= 4 is 5.97 Å². The summed E-state index contributed by atoms with van der Waals surface area (Å²) in [6, 6.07) is -0.908. The van der Waals surface area contributed by atoms with Crippen molar-refractivity contribution in [2.45, 2.75) is 31.2 Å². The summed E-state index contributed by atoms with van der Waals surface area (Å²) < 4.78 is 53.3. The molecule has 1 fully saturated rings. The Bertz CT molecular complexity index is 256. The van der Waals surface area contributed by atoms with Crippen molar-refractivity contribution in [3.63, 3.8) is 0 Å². The highest BCUT2D eigenvalue weighted by atomic mass is 19.3. The van der Waals surface area contributed by atoms with Gasteiger partial charge in [0, 0.05) is 0 Å². The summed E-state index contributed by atoms with van der Waals surface area (Å²) in [6.07, 6.45) is -2.31. The third-order valence-corrected chi connectivity index (χ3v) is 2.43. The number of rotatable bonds is 6. The number of esters is 1. The molecule has 16 heavy (non-hydrogen) atoms. The lowest BCUT2D eigenvalue weighted by Gasteiger charge is -2.20. The summed E-state index contributed by atoms with van der Waals surface area (Å²) in [5.74, 6) is -4.89. The lowest BCUT2D eigenvalue weighted by atomic mass is 10.2. The Morgan fingerprint density at radius 2 is 2.06 bits per heavy atom. The van der Waals surface area contributed by atoms with E-state index in [0.29, 0.717) is 12.8 Å². The fourth-order valence-corrected chi connectivity index (χ4v) is 1.32. The van der Waals surface area contributed by atoms with Crippen molar-refractivity contribution in [1.29, 1.82) is 0 Å². The molecule has 0 radical (unpaired) electrons. The van der Waals surface area contributed by atoms with E-state index in [1.165, 1.54) is 0 Å². The SMILES string of the molecule is COC(=O)C(NCC(F)(F)C(F)F)C1CC1. The quantitative estimate of drug-likeness (QED) is 0.566. The van der Waals surface area contributed by atoms with Crippen molar-refractivity contribution in [1.82, 2.24) is 5.32 Å². The first-order chi connectivity index (χ1) is 7.38. The van der Waals surface area contributed by atoms with Gasteiger partial charge in [0.25, 0.3) is 0 Å². The van der Waals surface area contributed by atoms with Gasteiger partial charge >= 0.3 is 18.3 Å². The Labute approximate surface area is 90.1 Å². The number of carbonyl (C=O) groups is 1. The van der Waals surface area contributed by atoms with E-state index in [1.54, 1.807) is 0 Å². The van der Waals surface area contributed by atoms with Gasteiger partial charge in [0.15, 0.2) is 0 Å². The number of nitrogens with one attached hydrogen (secondary N) is 1. The van der Waals surface area contributed by atoms with Gasteiger partial charge in [-0.3, -0.25) is 10.1 Å². The fourth-order valence-electron chi connectivity index (χ4n) is 1.32. The number of alkyl halides is 4. The molecular weight excluding hydrogens is 230 g/mol. The molecule has 0 amide bonds. The summed E-state index contributed by atoms with van der Waals surface area (Å²) >= 11 is 0. The van der Waals surface area contributed by atoms with Crippen molar-refractivity contribution in [3.8, 4) is 0 Å².